The number of hydrogen-bond donors (Lipinski definition) is 0. The lowest BCUT2D eigenvalue weighted by Crippen LogP contribution is -2.18. The first kappa shape index (κ1) is 15.0. The maximum Gasteiger partial charge on any atom is 0.311 e. The summed E-state index contributed by atoms with van der Waals surface area (Å²) in [6, 6.07) is 9.89. The minimum absolute atomic E-state index is 0.0468. The fourth-order valence-electron chi connectivity index (χ4n) is 2.63. The number of benzene rings is 2. The van der Waals surface area contributed by atoms with E-state index in [-0.39, 0.29) is 17.6 Å². The van der Waals surface area contributed by atoms with E-state index in [0.717, 1.165) is 5.56 Å². The Hall–Kier alpha value is -2.89. The Morgan fingerprint density at radius 2 is 1.91 bits per heavy atom. The number of rotatable bonds is 3. The van der Waals surface area contributed by atoms with Gasteiger partial charge in [-0.1, -0.05) is 13.0 Å². The molecule has 2 aromatic rings. The van der Waals surface area contributed by atoms with Crippen LogP contribution in [0.15, 0.2) is 36.4 Å². The molecule has 1 aliphatic rings. The lowest BCUT2D eigenvalue weighted by atomic mass is 9.95. The highest BCUT2D eigenvalue weighted by molar-refractivity contribution is 5.76. The van der Waals surface area contributed by atoms with E-state index in [9.17, 15) is 14.9 Å². The molecule has 0 bridgehead atoms. The van der Waals surface area contributed by atoms with Gasteiger partial charge in [-0.3, -0.25) is 14.9 Å². The van der Waals surface area contributed by atoms with Crippen LogP contribution in [0.25, 0.3) is 0 Å². The molecule has 0 spiro atoms. The number of nitro benzene ring substituents is 1. The third kappa shape index (κ3) is 3.01. The van der Waals surface area contributed by atoms with Crippen molar-refractivity contribution >= 4 is 11.7 Å². The van der Waals surface area contributed by atoms with E-state index in [1.807, 2.05) is 13.0 Å². The summed E-state index contributed by atoms with van der Waals surface area (Å²) in [7, 11) is 0. The number of esters is 1. The largest absolute Gasteiger partial charge is 0.457 e. The van der Waals surface area contributed by atoms with E-state index in [1.165, 1.54) is 6.07 Å². The Bertz CT molecular complexity index is 800. The van der Waals surface area contributed by atoms with Gasteiger partial charge in [-0.15, -0.1) is 0 Å². The van der Waals surface area contributed by atoms with Crippen molar-refractivity contribution in [3.63, 3.8) is 0 Å². The summed E-state index contributed by atoms with van der Waals surface area (Å²) in [5.41, 5.74) is 1.54. The van der Waals surface area contributed by atoms with Crippen molar-refractivity contribution in [1.29, 1.82) is 0 Å². The lowest BCUT2D eigenvalue weighted by molar-refractivity contribution is -0.385. The quantitative estimate of drug-likeness (QED) is 0.369. The number of nitrogens with zero attached hydrogens (tertiary/aromatic N) is 1. The zero-order valence-electron chi connectivity index (χ0n) is 12.7. The molecule has 6 nitrogen and oxygen atoms in total. The topological polar surface area (TPSA) is 78.7 Å². The van der Waals surface area contributed by atoms with Crippen LogP contribution in [0.5, 0.6) is 17.2 Å². The maximum atomic E-state index is 11.5. The molecule has 0 fully saturated rings. The average molecular weight is 313 g/mol. The van der Waals surface area contributed by atoms with Crippen LogP contribution < -0.4 is 9.47 Å². The number of aryl methyl sites for hydroxylation is 1. The molecule has 2 aromatic carbocycles. The maximum absolute atomic E-state index is 11.5. The zero-order valence-corrected chi connectivity index (χ0v) is 12.7. The van der Waals surface area contributed by atoms with Gasteiger partial charge in [-0.25, -0.2) is 0 Å². The number of carbonyl (C=O) groups excluding carboxylic acids is 1. The molecule has 0 aliphatic carbocycles. The fourth-order valence-corrected chi connectivity index (χ4v) is 2.63. The van der Waals surface area contributed by atoms with E-state index in [1.54, 1.807) is 31.2 Å². The SMILES string of the molecule is Cc1cc(Oc2ccc3c(c2)OC(=O)CC3C)ccc1[N+](=O)[O-]. The fraction of sp³-hybridized carbons (Fsp3) is 0.235. The Morgan fingerprint density at radius 1 is 1.22 bits per heavy atom. The van der Waals surface area contributed by atoms with Gasteiger partial charge in [0.15, 0.2) is 0 Å². The van der Waals surface area contributed by atoms with Crippen molar-refractivity contribution in [1.82, 2.24) is 0 Å². The Kier molecular flexibility index (Phi) is 3.73. The minimum Gasteiger partial charge on any atom is -0.457 e. The summed E-state index contributed by atoms with van der Waals surface area (Å²) in [6.45, 7) is 3.63. The summed E-state index contributed by atoms with van der Waals surface area (Å²) in [5.74, 6) is 1.36. The smallest absolute Gasteiger partial charge is 0.311 e. The Labute approximate surface area is 132 Å². The molecule has 23 heavy (non-hydrogen) atoms. The molecular weight excluding hydrogens is 298 g/mol. The third-order valence-corrected chi connectivity index (χ3v) is 3.81. The van der Waals surface area contributed by atoms with Crippen molar-refractivity contribution in [3.8, 4) is 17.2 Å². The average Bonchev–Trinajstić information content (AvgIpc) is 2.46. The van der Waals surface area contributed by atoms with Crippen molar-refractivity contribution in [2.45, 2.75) is 26.2 Å². The highest BCUT2D eigenvalue weighted by Gasteiger charge is 2.24. The molecule has 0 saturated carbocycles. The van der Waals surface area contributed by atoms with Crippen molar-refractivity contribution in [3.05, 3.63) is 57.6 Å². The molecule has 6 heteroatoms. The number of carbonyl (C=O) groups is 1. The van der Waals surface area contributed by atoms with Gasteiger partial charge in [-0.05, 0) is 36.6 Å². The normalized spacial score (nSPS) is 16.4. The Morgan fingerprint density at radius 3 is 2.61 bits per heavy atom. The summed E-state index contributed by atoms with van der Waals surface area (Å²) >= 11 is 0. The van der Waals surface area contributed by atoms with Gasteiger partial charge < -0.3 is 9.47 Å². The molecule has 1 atom stereocenters. The predicted octanol–water partition coefficient (Wildman–Crippen LogP) is 4.11. The molecular formula is C17H15NO5. The molecule has 0 radical (unpaired) electrons. The van der Waals surface area contributed by atoms with Crippen LogP contribution in [0.3, 0.4) is 0 Å². The van der Waals surface area contributed by atoms with Crippen LogP contribution in [0.1, 0.15) is 30.4 Å². The molecule has 0 amide bonds. The van der Waals surface area contributed by atoms with Gasteiger partial charge in [0.05, 0.1) is 11.3 Å². The van der Waals surface area contributed by atoms with E-state index < -0.39 is 4.92 Å². The van der Waals surface area contributed by atoms with E-state index in [0.29, 0.717) is 29.2 Å². The van der Waals surface area contributed by atoms with Gasteiger partial charge in [0.2, 0.25) is 0 Å². The second kappa shape index (κ2) is 5.72. The Balaban J connectivity index is 1.86. The number of ether oxygens (including phenoxy) is 2. The van der Waals surface area contributed by atoms with Gasteiger partial charge in [0.25, 0.3) is 5.69 Å². The molecule has 1 aliphatic heterocycles. The summed E-state index contributed by atoms with van der Waals surface area (Å²) < 4.78 is 11.0. The van der Waals surface area contributed by atoms with Crippen LogP contribution >= 0.6 is 0 Å². The zero-order chi connectivity index (χ0) is 16.6. The second-order valence-electron chi connectivity index (χ2n) is 5.59. The first-order valence-corrected chi connectivity index (χ1v) is 7.21. The van der Waals surface area contributed by atoms with Crippen LogP contribution in [0.4, 0.5) is 5.69 Å². The van der Waals surface area contributed by atoms with Crippen molar-refractivity contribution < 1.29 is 19.2 Å². The van der Waals surface area contributed by atoms with Crippen LogP contribution in [-0.2, 0) is 4.79 Å². The van der Waals surface area contributed by atoms with Crippen LogP contribution in [-0.4, -0.2) is 10.9 Å². The van der Waals surface area contributed by atoms with E-state index in [2.05, 4.69) is 0 Å². The predicted molar refractivity (Wildman–Crippen MR) is 83.0 cm³/mol. The summed E-state index contributed by atoms with van der Waals surface area (Å²) in [4.78, 5) is 21.9. The first-order chi connectivity index (χ1) is 10.9. The second-order valence-corrected chi connectivity index (χ2v) is 5.59. The van der Waals surface area contributed by atoms with Gasteiger partial charge in [0.1, 0.15) is 17.2 Å². The standard InChI is InChI=1S/C17H15NO5/c1-10-8-17(19)23-16-9-13(3-5-14(10)16)22-12-4-6-15(18(20)21)11(2)7-12/h3-7,9-10H,8H2,1-2H3. The molecule has 0 saturated heterocycles. The van der Waals surface area contributed by atoms with E-state index >= 15 is 0 Å². The number of fused-ring (bicyclic) bond motifs is 1. The molecule has 3 rings (SSSR count). The molecule has 1 unspecified atom stereocenters. The van der Waals surface area contributed by atoms with E-state index in [4.69, 9.17) is 9.47 Å². The van der Waals surface area contributed by atoms with Gasteiger partial charge in [-0.2, -0.15) is 0 Å². The highest BCUT2D eigenvalue weighted by Crippen LogP contribution is 2.37. The number of hydrogen-bond acceptors (Lipinski definition) is 5. The van der Waals surface area contributed by atoms with Crippen molar-refractivity contribution in [2.24, 2.45) is 0 Å². The summed E-state index contributed by atoms with van der Waals surface area (Å²) in [6.07, 6.45) is 0.370. The van der Waals surface area contributed by atoms with Crippen LogP contribution in [0.2, 0.25) is 0 Å². The summed E-state index contributed by atoms with van der Waals surface area (Å²) in [5, 5.41) is 10.8. The molecule has 1 heterocycles. The lowest BCUT2D eigenvalue weighted by Gasteiger charge is -2.21. The highest BCUT2D eigenvalue weighted by atomic mass is 16.6. The third-order valence-electron chi connectivity index (χ3n) is 3.81. The van der Waals surface area contributed by atoms with Crippen LogP contribution in [0, 0.1) is 17.0 Å². The molecule has 118 valence electrons. The first-order valence-electron chi connectivity index (χ1n) is 7.21. The van der Waals surface area contributed by atoms with Crippen molar-refractivity contribution in [2.75, 3.05) is 0 Å². The number of nitro groups is 1. The van der Waals surface area contributed by atoms with Gasteiger partial charge >= 0.3 is 5.97 Å². The monoisotopic (exact) mass is 313 g/mol. The molecule has 0 aromatic heterocycles. The molecule has 0 N–H and O–H groups in total. The minimum atomic E-state index is -0.432. The van der Waals surface area contributed by atoms with Gasteiger partial charge in [0, 0.05) is 17.7 Å².